The Balaban J connectivity index is 3.19. The third-order valence-corrected chi connectivity index (χ3v) is 1.37. The molecule has 0 fully saturated rings. The lowest BCUT2D eigenvalue weighted by atomic mass is 10.3. The first-order valence-corrected chi connectivity index (χ1v) is 4.15. The quantitative estimate of drug-likeness (QED) is 0.583. The van der Waals surface area contributed by atoms with Crippen LogP contribution in [0.2, 0.25) is 0 Å². The molecular weight excluding hydrogens is 158 g/mol. The summed E-state index contributed by atoms with van der Waals surface area (Å²) in [4.78, 5) is 20.9. The van der Waals surface area contributed by atoms with E-state index in [0.717, 1.165) is 6.42 Å². The zero-order chi connectivity index (χ0) is 9.40. The molecule has 0 atom stereocenters. The second kappa shape index (κ2) is 6.64. The van der Waals surface area contributed by atoms with E-state index in [4.69, 9.17) is 5.11 Å². The molecule has 4 nitrogen and oxygen atoms in total. The van der Waals surface area contributed by atoms with E-state index in [2.05, 4.69) is 5.32 Å². The highest BCUT2D eigenvalue weighted by Crippen LogP contribution is 1.88. The van der Waals surface area contributed by atoms with Crippen LogP contribution in [-0.2, 0) is 9.59 Å². The minimum atomic E-state index is -0.820. The first kappa shape index (κ1) is 10.9. The lowest BCUT2D eigenvalue weighted by Crippen LogP contribution is -2.24. The van der Waals surface area contributed by atoms with Gasteiger partial charge in [0.25, 0.3) is 0 Å². The second-order valence-corrected chi connectivity index (χ2v) is 2.60. The number of carboxylic acid groups (broad SMARTS) is 1. The molecule has 0 heterocycles. The number of nitrogens with one attached hydrogen (secondary N) is 1. The fourth-order valence-electron chi connectivity index (χ4n) is 0.783. The number of carbonyl (C=O) groups is 2. The molecule has 0 aliphatic carbocycles. The standard InChI is InChI=1S/C8H15NO3/c1-2-4-7(10)9-6-3-5-8(11)12/h2-6H2,1H3,(H,9,10)(H,11,12). The number of rotatable bonds is 6. The van der Waals surface area contributed by atoms with Gasteiger partial charge in [0.05, 0.1) is 0 Å². The summed E-state index contributed by atoms with van der Waals surface area (Å²) in [7, 11) is 0. The molecule has 70 valence electrons. The van der Waals surface area contributed by atoms with Crippen molar-refractivity contribution in [3.8, 4) is 0 Å². The molecule has 0 bridgehead atoms. The fraction of sp³-hybridized carbons (Fsp3) is 0.750. The Kier molecular flexibility index (Phi) is 6.05. The van der Waals surface area contributed by atoms with E-state index < -0.39 is 5.97 Å². The summed E-state index contributed by atoms with van der Waals surface area (Å²) in [6.45, 7) is 2.39. The highest BCUT2D eigenvalue weighted by atomic mass is 16.4. The van der Waals surface area contributed by atoms with E-state index in [1.807, 2.05) is 6.92 Å². The summed E-state index contributed by atoms with van der Waals surface area (Å²) in [6.07, 6.45) is 1.97. The predicted molar refractivity (Wildman–Crippen MR) is 44.8 cm³/mol. The van der Waals surface area contributed by atoms with Crippen LogP contribution in [0.15, 0.2) is 0 Å². The van der Waals surface area contributed by atoms with Gasteiger partial charge in [-0.3, -0.25) is 9.59 Å². The number of carbonyl (C=O) groups excluding carboxylic acids is 1. The Morgan fingerprint density at radius 1 is 1.33 bits per heavy atom. The summed E-state index contributed by atoms with van der Waals surface area (Å²) >= 11 is 0. The summed E-state index contributed by atoms with van der Waals surface area (Å²) in [5.41, 5.74) is 0. The van der Waals surface area contributed by atoms with Crippen LogP contribution in [0.4, 0.5) is 0 Å². The van der Waals surface area contributed by atoms with Crippen LogP contribution >= 0.6 is 0 Å². The first-order chi connectivity index (χ1) is 5.66. The maximum atomic E-state index is 10.8. The molecule has 0 unspecified atom stereocenters. The second-order valence-electron chi connectivity index (χ2n) is 2.60. The highest BCUT2D eigenvalue weighted by molar-refractivity contribution is 5.75. The SMILES string of the molecule is CCCC(=O)NCCCC(=O)O. The minimum Gasteiger partial charge on any atom is -0.481 e. The normalized spacial score (nSPS) is 9.42. The van der Waals surface area contributed by atoms with Crippen LogP contribution < -0.4 is 5.32 Å². The molecule has 4 heteroatoms. The third-order valence-electron chi connectivity index (χ3n) is 1.37. The van der Waals surface area contributed by atoms with Crippen molar-refractivity contribution in [1.29, 1.82) is 0 Å². The zero-order valence-corrected chi connectivity index (χ0v) is 7.30. The van der Waals surface area contributed by atoms with Crippen LogP contribution in [-0.4, -0.2) is 23.5 Å². The molecule has 0 aromatic carbocycles. The van der Waals surface area contributed by atoms with Crippen LogP contribution in [0.1, 0.15) is 32.6 Å². The number of amides is 1. The van der Waals surface area contributed by atoms with Gasteiger partial charge in [-0.15, -0.1) is 0 Å². The molecule has 0 spiro atoms. The predicted octanol–water partition coefficient (Wildman–Crippen LogP) is 0.767. The van der Waals surface area contributed by atoms with E-state index in [9.17, 15) is 9.59 Å². The molecule has 1 amide bonds. The van der Waals surface area contributed by atoms with Crippen molar-refractivity contribution in [1.82, 2.24) is 5.32 Å². The molecule has 0 saturated heterocycles. The number of aliphatic carboxylic acids is 1. The van der Waals surface area contributed by atoms with Gasteiger partial charge in [0.15, 0.2) is 0 Å². The molecule has 0 rings (SSSR count). The molecule has 0 aliphatic rings. The van der Waals surface area contributed by atoms with Gasteiger partial charge < -0.3 is 10.4 Å². The summed E-state index contributed by atoms with van der Waals surface area (Å²) in [5, 5.41) is 10.9. The fourth-order valence-corrected chi connectivity index (χ4v) is 0.783. The Morgan fingerprint density at radius 3 is 2.50 bits per heavy atom. The van der Waals surface area contributed by atoms with Gasteiger partial charge in [0.1, 0.15) is 0 Å². The molecule has 2 N–H and O–H groups in total. The molecule has 0 radical (unpaired) electrons. The van der Waals surface area contributed by atoms with Gasteiger partial charge in [0, 0.05) is 19.4 Å². The minimum absolute atomic E-state index is 0.00267. The van der Waals surface area contributed by atoms with E-state index >= 15 is 0 Å². The summed E-state index contributed by atoms with van der Waals surface area (Å²) in [5.74, 6) is -0.817. The van der Waals surface area contributed by atoms with Gasteiger partial charge >= 0.3 is 5.97 Å². The van der Waals surface area contributed by atoms with Gasteiger partial charge in [0.2, 0.25) is 5.91 Å². The van der Waals surface area contributed by atoms with Crippen molar-refractivity contribution in [3.63, 3.8) is 0 Å². The van der Waals surface area contributed by atoms with Crippen molar-refractivity contribution < 1.29 is 14.7 Å². The van der Waals surface area contributed by atoms with Crippen molar-refractivity contribution in [3.05, 3.63) is 0 Å². The lowest BCUT2D eigenvalue weighted by Gasteiger charge is -2.01. The van der Waals surface area contributed by atoms with E-state index in [-0.39, 0.29) is 12.3 Å². The largest absolute Gasteiger partial charge is 0.481 e. The number of carboxylic acids is 1. The van der Waals surface area contributed by atoms with Crippen LogP contribution in [0, 0.1) is 0 Å². The van der Waals surface area contributed by atoms with Crippen molar-refractivity contribution in [2.75, 3.05) is 6.54 Å². The molecule has 0 saturated carbocycles. The van der Waals surface area contributed by atoms with Crippen LogP contribution in [0.3, 0.4) is 0 Å². The van der Waals surface area contributed by atoms with Gasteiger partial charge in [-0.05, 0) is 12.8 Å². The van der Waals surface area contributed by atoms with Crippen molar-refractivity contribution in [2.24, 2.45) is 0 Å². The molecule has 0 aromatic rings. The van der Waals surface area contributed by atoms with Gasteiger partial charge in [-0.25, -0.2) is 0 Å². The first-order valence-electron chi connectivity index (χ1n) is 4.15. The molecule has 12 heavy (non-hydrogen) atoms. The monoisotopic (exact) mass is 173 g/mol. The van der Waals surface area contributed by atoms with Crippen molar-refractivity contribution in [2.45, 2.75) is 32.6 Å². The Labute approximate surface area is 72.0 Å². The third kappa shape index (κ3) is 7.05. The topological polar surface area (TPSA) is 66.4 Å². The maximum absolute atomic E-state index is 10.8. The van der Waals surface area contributed by atoms with E-state index in [1.54, 1.807) is 0 Å². The average Bonchev–Trinajstić information content (AvgIpc) is 1.98. The molecule has 0 aliphatic heterocycles. The van der Waals surface area contributed by atoms with Crippen LogP contribution in [0.5, 0.6) is 0 Å². The molecule has 0 aromatic heterocycles. The van der Waals surface area contributed by atoms with Crippen molar-refractivity contribution >= 4 is 11.9 Å². The maximum Gasteiger partial charge on any atom is 0.303 e. The summed E-state index contributed by atoms with van der Waals surface area (Å²) in [6, 6.07) is 0. The Morgan fingerprint density at radius 2 is 2.00 bits per heavy atom. The smallest absolute Gasteiger partial charge is 0.303 e. The Hall–Kier alpha value is -1.06. The van der Waals surface area contributed by atoms with E-state index in [1.165, 1.54) is 0 Å². The van der Waals surface area contributed by atoms with E-state index in [0.29, 0.717) is 19.4 Å². The Bertz CT molecular complexity index is 156. The zero-order valence-electron chi connectivity index (χ0n) is 7.30. The van der Waals surface area contributed by atoms with Crippen LogP contribution in [0.25, 0.3) is 0 Å². The average molecular weight is 173 g/mol. The lowest BCUT2D eigenvalue weighted by molar-refractivity contribution is -0.137. The summed E-state index contributed by atoms with van der Waals surface area (Å²) < 4.78 is 0. The number of hydrogen-bond donors (Lipinski definition) is 2. The van der Waals surface area contributed by atoms with Gasteiger partial charge in [-0.2, -0.15) is 0 Å². The molecular formula is C8H15NO3. The number of hydrogen-bond acceptors (Lipinski definition) is 2. The highest BCUT2D eigenvalue weighted by Gasteiger charge is 1.99. The van der Waals surface area contributed by atoms with Gasteiger partial charge in [-0.1, -0.05) is 6.92 Å².